The third kappa shape index (κ3) is 1.91. The van der Waals surface area contributed by atoms with Crippen LogP contribution in [0.15, 0.2) is 24.3 Å². The number of nitriles is 1. The molecule has 5 heteroatoms. The third-order valence-corrected chi connectivity index (χ3v) is 3.28. The lowest BCUT2D eigenvalue weighted by molar-refractivity contribution is 0.415. The van der Waals surface area contributed by atoms with Gasteiger partial charge in [-0.1, -0.05) is 0 Å². The first-order chi connectivity index (χ1) is 9.33. The van der Waals surface area contributed by atoms with Gasteiger partial charge in [-0.05, 0) is 30.7 Å². The molecule has 0 fully saturated rings. The van der Waals surface area contributed by atoms with E-state index in [1.54, 1.807) is 7.11 Å². The molecule has 1 aliphatic rings. The Balaban J connectivity index is 2.09. The number of ether oxygens (including phenoxy) is 1. The highest BCUT2D eigenvalue weighted by Gasteiger charge is 2.20. The normalized spacial score (nSPS) is 13.3. The van der Waals surface area contributed by atoms with Crippen LogP contribution in [-0.2, 0) is 6.54 Å². The summed E-state index contributed by atoms with van der Waals surface area (Å²) in [4.78, 5) is 4.54. The average molecular weight is 254 g/mol. The Morgan fingerprint density at radius 2 is 2.16 bits per heavy atom. The van der Waals surface area contributed by atoms with Gasteiger partial charge in [0.25, 0.3) is 0 Å². The fourth-order valence-corrected chi connectivity index (χ4v) is 2.31. The number of imidazole rings is 1. The molecule has 96 valence electrons. The molecule has 0 saturated heterocycles. The number of methoxy groups -OCH3 is 1. The summed E-state index contributed by atoms with van der Waals surface area (Å²) < 4.78 is 7.09. The van der Waals surface area contributed by atoms with Gasteiger partial charge in [-0.3, -0.25) is 0 Å². The van der Waals surface area contributed by atoms with Crippen molar-refractivity contribution in [3.63, 3.8) is 0 Å². The Bertz CT molecular complexity index is 637. The van der Waals surface area contributed by atoms with Gasteiger partial charge in [-0.25, -0.2) is 4.98 Å². The predicted molar refractivity (Wildman–Crippen MR) is 72.0 cm³/mol. The maximum absolute atomic E-state index is 9.36. The maximum atomic E-state index is 9.36. The first-order valence-corrected chi connectivity index (χ1v) is 6.22. The molecule has 0 spiro atoms. The van der Waals surface area contributed by atoms with Crippen LogP contribution in [0, 0.1) is 11.3 Å². The van der Waals surface area contributed by atoms with Gasteiger partial charge in [0.1, 0.15) is 23.2 Å². The monoisotopic (exact) mass is 254 g/mol. The molecular formula is C14H14N4O. The predicted octanol–water partition coefficient (Wildman–Crippen LogP) is 2.25. The van der Waals surface area contributed by atoms with Crippen LogP contribution in [0.5, 0.6) is 5.75 Å². The molecule has 0 atom stereocenters. The summed E-state index contributed by atoms with van der Waals surface area (Å²) in [6.07, 6.45) is 1.01. The van der Waals surface area contributed by atoms with E-state index in [0.717, 1.165) is 42.5 Å². The van der Waals surface area contributed by atoms with E-state index in [4.69, 9.17) is 4.74 Å². The Morgan fingerprint density at radius 1 is 1.37 bits per heavy atom. The molecular weight excluding hydrogens is 240 g/mol. The minimum Gasteiger partial charge on any atom is -0.497 e. The SMILES string of the molecule is COc1ccc(-c2nc3n(c2C#N)CCCN3)cc1. The van der Waals surface area contributed by atoms with Crippen LogP contribution in [0.1, 0.15) is 12.1 Å². The second kappa shape index (κ2) is 4.65. The molecule has 0 aliphatic carbocycles. The number of fused-ring (bicyclic) bond motifs is 1. The number of hydrogen-bond acceptors (Lipinski definition) is 4. The molecule has 1 N–H and O–H groups in total. The molecule has 5 nitrogen and oxygen atoms in total. The molecule has 0 amide bonds. The fourth-order valence-electron chi connectivity index (χ4n) is 2.31. The lowest BCUT2D eigenvalue weighted by atomic mass is 10.1. The van der Waals surface area contributed by atoms with Crippen molar-refractivity contribution in [1.29, 1.82) is 5.26 Å². The average Bonchev–Trinajstić information content (AvgIpc) is 2.85. The van der Waals surface area contributed by atoms with E-state index in [0.29, 0.717) is 5.69 Å². The van der Waals surface area contributed by atoms with Crippen LogP contribution >= 0.6 is 0 Å². The molecule has 19 heavy (non-hydrogen) atoms. The minimum atomic E-state index is 0.618. The molecule has 0 bridgehead atoms. The van der Waals surface area contributed by atoms with E-state index in [-0.39, 0.29) is 0 Å². The van der Waals surface area contributed by atoms with Crippen LogP contribution < -0.4 is 10.1 Å². The van der Waals surface area contributed by atoms with Crippen molar-refractivity contribution in [3.8, 4) is 23.1 Å². The second-order valence-electron chi connectivity index (χ2n) is 4.40. The number of aromatic nitrogens is 2. The molecule has 1 aliphatic heterocycles. The van der Waals surface area contributed by atoms with Gasteiger partial charge in [0.15, 0.2) is 0 Å². The largest absolute Gasteiger partial charge is 0.497 e. The molecule has 0 radical (unpaired) electrons. The Hall–Kier alpha value is -2.48. The molecule has 1 aromatic heterocycles. The topological polar surface area (TPSA) is 62.9 Å². The van der Waals surface area contributed by atoms with Crippen molar-refractivity contribution in [2.45, 2.75) is 13.0 Å². The zero-order valence-electron chi connectivity index (χ0n) is 10.7. The first-order valence-electron chi connectivity index (χ1n) is 6.22. The van der Waals surface area contributed by atoms with Crippen LogP contribution in [0.4, 0.5) is 5.95 Å². The summed E-state index contributed by atoms with van der Waals surface area (Å²) in [6, 6.07) is 9.86. The summed E-state index contributed by atoms with van der Waals surface area (Å²) >= 11 is 0. The Morgan fingerprint density at radius 3 is 2.84 bits per heavy atom. The quantitative estimate of drug-likeness (QED) is 0.892. The lowest BCUT2D eigenvalue weighted by Gasteiger charge is -2.15. The number of hydrogen-bond donors (Lipinski definition) is 1. The molecule has 3 rings (SSSR count). The van der Waals surface area contributed by atoms with E-state index in [9.17, 15) is 5.26 Å². The summed E-state index contributed by atoms with van der Waals surface area (Å²) in [5.74, 6) is 1.58. The van der Waals surface area contributed by atoms with Crippen molar-refractivity contribution in [2.75, 3.05) is 19.0 Å². The van der Waals surface area contributed by atoms with E-state index in [1.807, 2.05) is 28.8 Å². The van der Waals surface area contributed by atoms with Crippen molar-refractivity contribution < 1.29 is 4.74 Å². The van der Waals surface area contributed by atoms with Crippen LogP contribution in [0.25, 0.3) is 11.3 Å². The number of benzene rings is 1. The van der Waals surface area contributed by atoms with Crippen LogP contribution in [-0.4, -0.2) is 23.2 Å². The smallest absolute Gasteiger partial charge is 0.204 e. The highest BCUT2D eigenvalue weighted by Crippen LogP contribution is 2.29. The molecule has 1 aromatic carbocycles. The van der Waals surface area contributed by atoms with Gasteiger partial charge in [0.05, 0.1) is 7.11 Å². The van der Waals surface area contributed by atoms with Gasteiger partial charge in [0, 0.05) is 18.7 Å². The van der Waals surface area contributed by atoms with Crippen molar-refractivity contribution in [1.82, 2.24) is 9.55 Å². The Labute approximate surface area is 111 Å². The fraction of sp³-hybridized carbons (Fsp3) is 0.286. The molecule has 0 saturated carbocycles. The molecule has 2 heterocycles. The third-order valence-electron chi connectivity index (χ3n) is 3.28. The molecule has 2 aromatic rings. The molecule has 0 unspecified atom stereocenters. The summed E-state index contributed by atoms with van der Waals surface area (Å²) in [5, 5.41) is 12.6. The zero-order valence-corrected chi connectivity index (χ0v) is 10.7. The lowest BCUT2D eigenvalue weighted by Crippen LogP contribution is -2.18. The van der Waals surface area contributed by atoms with E-state index >= 15 is 0 Å². The van der Waals surface area contributed by atoms with Crippen LogP contribution in [0.2, 0.25) is 0 Å². The summed E-state index contributed by atoms with van der Waals surface area (Å²) in [5.41, 5.74) is 2.28. The number of nitrogens with one attached hydrogen (secondary N) is 1. The van der Waals surface area contributed by atoms with Gasteiger partial charge < -0.3 is 14.6 Å². The second-order valence-corrected chi connectivity index (χ2v) is 4.40. The number of rotatable bonds is 2. The standard InChI is InChI=1S/C14H14N4O/c1-19-11-5-3-10(4-6-11)13-12(9-15)18-8-2-7-16-14(18)17-13/h3-6H,2,7-8H2,1H3,(H,16,17). The summed E-state index contributed by atoms with van der Waals surface area (Å²) in [7, 11) is 1.63. The van der Waals surface area contributed by atoms with Gasteiger partial charge in [0.2, 0.25) is 5.95 Å². The van der Waals surface area contributed by atoms with Crippen molar-refractivity contribution in [3.05, 3.63) is 30.0 Å². The van der Waals surface area contributed by atoms with Gasteiger partial charge >= 0.3 is 0 Å². The van der Waals surface area contributed by atoms with Crippen molar-refractivity contribution >= 4 is 5.95 Å². The van der Waals surface area contributed by atoms with Crippen LogP contribution in [0.3, 0.4) is 0 Å². The van der Waals surface area contributed by atoms with Gasteiger partial charge in [-0.15, -0.1) is 0 Å². The zero-order chi connectivity index (χ0) is 13.2. The van der Waals surface area contributed by atoms with E-state index in [2.05, 4.69) is 16.4 Å². The van der Waals surface area contributed by atoms with E-state index in [1.165, 1.54) is 0 Å². The van der Waals surface area contributed by atoms with E-state index < -0.39 is 0 Å². The first kappa shape index (κ1) is 11.6. The Kier molecular flexibility index (Phi) is 2.84. The highest BCUT2D eigenvalue weighted by molar-refractivity contribution is 5.68. The number of nitrogens with zero attached hydrogens (tertiary/aromatic N) is 3. The number of anilines is 1. The maximum Gasteiger partial charge on any atom is 0.204 e. The minimum absolute atomic E-state index is 0.618. The van der Waals surface area contributed by atoms with Gasteiger partial charge in [-0.2, -0.15) is 5.26 Å². The van der Waals surface area contributed by atoms with Crippen molar-refractivity contribution in [2.24, 2.45) is 0 Å². The highest BCUT2D eigenvalue weighted by atomic mass is 16.5. The summed E-state index contributed by atoms with van der Waals surface area (Å²) in [6.45, 7) is 1.75.